The molecule has 53 heavy (non-hydrogen) atoms. The van der Waals surface area contributed by atoms with Gasteiger partial charge in [0.1, 0.15) is 6.61 Å². The van der Waals surface area contributed by atoms with Crippen LogP contribution in [0.15, 0.2) is 36.5 Å². The van der Waals surface area contributed by atoms with Crippen LogP contribution in [0.4, 0.5) is 0 Å². The summed E-state index contributed by atoms with van der Waals surface area (Å²) in [6.07, 6.45) is 32.1. The molecule has 0 aromatic rings. The van der Waals surface area contributed by atoms with Gasteiger partial charge in [0.15, 0.2) is 11.9 Å². The van der Waals surface area contributed by atoms with Crippen LogP contribution < -0.4 is 0 Å². The van der Waals surface area contributed by atoms with Gasteiger partial charge in [-0.2, -0.15) is 0 Å². The Kier molecular flexibility index (Phi) is 28.7. The minimum Gasteiger partial charge on any atom is -0.462 e. The standard InChI is InChI=1S/C42H73O10P/c1-4-5-19-26-37(43)30-31-39-36(29-32-40(39)44)25-21-17-18-22-27-41(45)50-33-38(34-51-53(47,48)49)52-42(46)28-23-16-14-12-10-8-6-7-9-11-13-15-20-24-35(2)3/h17,21,29-32,35-39,43H,4-16,18-20,22-28,33-34H2,1-3H3,(H2,47,48,49)/b21-17-,31-30+/t36-,37-,38+,39+/m0/s1. The fraction of sp³-hybridized carbons (Fsp3) is 0.786. The Balaban J connectivity index is 2.24. The van der Waals surface area contributed by atoms with Crippen LogP contribution in [0.25, 0.3) is 0 Å². The molecule has 11 heteroatoms. The molecule has 0 unspecified atom stereocenters. The second kappa shape index (κ2) is 31.1. The zero-order valence-electron chi connectivity index (χ0n) is 33.2. The van der Waals surface area contributed by atoms with E-state index < -0.39 is 38.6 Å². The minimum absolute atomic E-state index is 0.0291. The molecule has 0 saturated carbocycles. The molecule has 306 valence electrons. The molecule has 0 aliphatic heterocycles. The maximum atomic E-state index is 12.4. The van der Waals surface area contributed by atoms with Crippen molar-refractivity contribution in [1.29, 1.82) is 0 Å². The third-order valence-corrected chi connectivity index (χ3v) is 10.1. The first-order valence-electron chi connectivity index (χ1n) is 20.7. The highest BCUT2D eigenvalue weighted by Crippen LogP contribution is 2.36. The summed E-state index contributed by atoms with van der Waals surface area (Å²) in [7, 11) is -4.80. The lowest BCUT2D eigenvalue weighted by Gasteiger charge is -2.18. The quantitative estimate of drug-likeness (QED) is 0.0249. The third kappa shape index (κ3) is 28.9. The highest BCUT2D eigenvalue weighted by atomic mass is 31.2. The normalized spacial score (nSPS) is 17.4. The minimum atomic E-state index is -4.80. The van der Waals surface area contributed by atoms with Gasteiger partial charge in [0.2, 0.25) is 0 Å². The van der Waals surface area contributed by atoms with Crippen molar-refractivity contribution in [2.24, 2.45) is 17.8 Å². The summed E-state index contributed by atoms with van der Waals surface area (Å²) in [5.74, 6) is -0.430. The molecule has 3 N–H and O–H groups in total. The number of aliphatic hydroxyl groups is 1. The number of ketones is 1. The summed E-state index contributed by atoms with van der Waals surface area (Å²) in [6.45, 7) is 5.74. The fourth-order valence-electron chi connectivity index (χ4n) is 6.37. The van der Waals surface area contributed by atoms with E-state index in [-0.39, 0.29) is 37.1 Å². The molecule has 0 heterocycles. The molecule has 10 nitrogen and oxygen atoms in total. The van der Waals surface area contributed by atoms with Crippen LogP contribution >= 0.6 is 7.82 Å². The van der Waals surface area contributed by atoms with Gasteiger partial charge in [-0.15, -0.1) is 0 Å². The zero-order chi connectivity index (χ0) is 39.2. The van der Waals surface area contributed by atoms with Crippen LogP contribution in [0.5, 0.6) is 0 Å². The topological polar surface area (TPSA) is 157 Å². The molecule has 0 aromatic heterocycles. The predicted octanol–water partition coefficient (Wildman–Crippen LogP) is 10.0. The van der Waals surface area contributed by atoms with E-state index in [9.17, 15) is 24.1 Å². The Morgan fingerprint density at radius 2 is 1.38 bits per heavy atom. The van der Waals surface area contributed by atoms with Crippen molar-refractivity contribution in [2.75, 3.05) is 13.2 Å². The number of unbranched alkanes of at least 4 members (excludes halogenated alkanes) is 15. The number of carbonyl (C=O) groups is 3. The van der Waals surface area contributed by atoms with Gasteiger partial charge in [-0.05, 0) is 50.0 Å². The number of carbonyl (C=O) groups excluding carboxylic acids is 3. The van der Waals surface area contributed by atoms with Crippen LogP contribution in [-0.2, 0) is 32.9 Å². The van der Waals surface area contributed by atoms with E-state index in [2.05, 4.69) is 25.3 Å². The molecule has 0 bridgehead atoms. The number of aliphatic hydroxyl groups excluding tert-OH is 1. The molecular formula is C42H73O10P. The SMILES string of the molecule is CCCCC[C@H](O)/C=C/[C@H]1C(=O)C=C[C@@H]1C/C=C\CCCC(=O)OC[C@H](COP(=O)(O)O)OC(=O)CCCCCCCCCCCCCCCC(C)C. The Morgan fingerprint density at radius 1 is 0.792 bits per heavy atom. The van der Waals surface area contributed by atoms with Crippen LogP contribution in [0, 0.1) is 17.8 Å². The van der Waals surface area contributed by atoms with E-state index in [0.717, 1.165) is 44.4 Å². The second-order valence-corrected chi connectivity index (χ2v) is 16.3. The lowest BCUT2D eigenvalue weighted by Crippen LogP contribution is -2.29. The number of rotatable bonds is 34. The Hall–Kier alpha value is -2.10. The summed E-state index contributed by atoms with van der Waals surface area (Å²) < 4.78 is 26.4. The number of hydrogen-bond donors (Lipinski definition) is 3. The van der Waals surface area contributed by atoms with Gasteiger partial charge in [-0.1, -0.05) is 154 Å². The van der Waals surface area contributed by atoms with E-state index >= 15 is 0 Å². The highest BCUT2D eigenvalue weighted by molar-refractivity contribution is 7.46. The van der Waals surface area contributed by atoms with Crippen molar-refractivity contribution in [3.05, 3.63) is 36.5 Å². The Bertz CT molecular complexity index is 1110. The molecule has 1 aliphatic carbocycles. The summed E-state index contributed by atoms with van der Waals surface area (Å²) in [5, 5.41) is 10.2. The number of esters is 2. The van der Waals surface area contributed by atoms with Crippen molar-refractivity contribution < 1.29 is 47.8 Å². The summed E-state index contributed by atoms with van der Waals surface area (Å²) >= 11 is 0. The highest BCUT2D eigenvalue weighted by Gasteiger charge is 2.27. The van der Waals surface area contributed by atoms with Gasteiger partial charge >= 0.3 is 19.8 Å². The molecule has 1 aliphatic rings. The maximum absolute atomic E-state index is 12.4. The molecule has 0 saturated heterocycles. The van der Waals surface area contributed by atoms with E-state index in [1.165, 1.54) is 64.2 Å². The number of allylic oxidation sites excluding steroid dienone is 5. The van der Waals surface area contributed by atoms with Crippen molar-refractivity contribution in [3.63, 3.8) is 0 Å². The molecule has 0 spiro atoms. The van der Waals surface area contributed by atoms with Gasteiger partial charge in [0.25, 0.3) is 0 Å². The van der Waals surface area contributed by atoms with Crippen molar-refractivity contribution in [1.82, 2.24) is 0 Å². The van der Waals surface area contributed by atoms with Gasteiger partial charge in [-0.25, -0.2) is 4.57 Å². The lowest BCUT2D eigenvalue weighted by molar-refractivity contribution is -0.161. The number of phosphoric ester groups is 1. The number of phosphoric acid groups is 1. The van der Waals surface area contributed by atoms with E-state index in [1.807, 2.05) is 24.3 Å². The van der Waals surface area contributed by atoms with E-state index in [0.29, 0.717) is 32.1 Å². The van der Waals surface area contributed by atoms with E-state index in [1.54, 1.807) is 12.2 Å². The van der Waals surface area contributed by atoms with Gasteiger partial charge in [0.05, 0.1) is 12.7 Å². The lowest BCUT2D eigenvalue weighted by atomic mass is 9.90. The molecular weight excluding hydrogens is 695 g/mol. The smallest absolute Gasteiger partial charge is 0.462 e. The summed E-state index contributed by atoms with van der Waals surface area (Å²) in [5.41, 5.74) is 0. The largest absolute Gasteiger partial charge is 0.469 e. The van der Waals surface area contributed by atoms with Crippen molar-refractivity contribution in [3.8, 4) is 0 Å². The van der Waals surface area contributed by atoms with Gasteiger partial charge < -0.3 is 24.4 Å². The summed E-state index contributed by atoms with van der Waals surface area (Å²) in [6, 6.07) is 0. The average Bonchev–Trinajstić information content (AvgIpc) is 3.46. The second-order valence-electron chi connectivity index (χ2n) is 15.1. The van der Waals surface area contributed by atoms with Crippen molar-refractivity contribution in [2.45, 2.75) is 181 Å². The van der Waals surface area contributed by atoms with Crippen LogP contribution in [0.2, 0.25) is 0 Å². The molecule has 0 aromatic carbocycles. The zero-order valence-corrected chi connectivity index (χ0v) is 34.1. The predicted molar refractivity (Wildman–Crippen MR) is 211 cm³/mol. The first-order chi connectivity index (χ1) is 25.4. The monoisotopic (exact) mass is 768 g/mol. The van der Waals surface area contributed by atoms with Gasteiger partial charge in [-0.3, -0.25) is 18.9 Å². The Labute approximate surface area is 320 Å². The van der Waals surface area contributed by atoms with Gasteiger partial charge in [0, 0.05) is 18.8 Å². The molecule has 4 atom stereocenters. The summed E-state index contributed by atoms with van der Waals surface area (Å²) in [4.78, 5) is 55.3. The number of ether oxygens (including phenoxy) is 2. The van der Waals surface area contributed by atoms with Crippen LogP contribution in [0.3, 0.4) is 0 Å². The fourth-order valence-corrected chi connectivity index (χ4v) is 6.73. The maximum Gasteiger partial charge on any atom is 0.469 e. The van der Waals surface area contributed by atoms with Crippen LogP contribution in [0.1, 0.15) is 168 Å². The first-order valence-corrected chi connectivity index (χ1v) is 22.2. The van der Waals surface area contributed by atoms with E-state index in [4.69, 9.17) is 19.3 Å². The van der Waals surface area contributed by atoms with Crippen molar-refractivity contribution >= 4 is 25.5 Å². The average molecular weight is 769 g/mol. The first kappa shape index (κ1) is 48.9. The molecule has 1 rings (SSSR count). The van der Waals surface area contributed by atoms with Crippen LogP contribution in [-0.4, -0.2) is 58.0 Å². The number of hydrogen-bond acceptors (Lipinski definition) is 8. The molecule has 0 amide bonds. The Morgan fingerprint density at radius 3 is 1.98 bits per heavy atom. The third-order valence-electron chi connectivity index (χ3n) is 9.59. The molecule has 0 radical (unpaired) electrons. The molecule has 0 fully saturated rings.